The third-order valence-corrected chi connectivity index (χ3v) is 6.53. The summed E-state index contributed by atoms with van der Waals surface area (Å²) in [5.74, 6) is 0.00573. The predicted octanol–water partition coefficient (Wildman–Crippen LogP) is 5.34. The highest BCUT2D eigenvalue weighted by Crippen LogP contribution is 2.26. The van der Waals surface area contributed by atoms with Crippen molar-refractivity contribution in [3.63, 3.8) is 0 Å². The molecule has 1 heterocycles. The largest absolute Gasteiger partial charge is 0.379 e. The molecule has 0 aliphatic rings. The van der Waals surface area contributed by atoms with Crippen LogP contribution in [-0.2, 0) is 10.1 Å². The van der Waals surface area contributed by atoms with E-state index in [2.05, 4.69) is 0 Å². The summed E-state index contributed by atoms with van der Waals surface area (Å²) in [4.78, 5) is 13.4. The Labute approximate surface area is 169 Å². The van der Waals surface area contributed by atoms with E-state index in [1.807, 2.05) is 36.6 Å². The lowest BCUT2D eigenvalue weighted by Gasteiger charge is -2.13. The molecule has 0 aliphatic heterocycles. The minimum Gasteiger partial charge on any atom is -0.379 e. The molecule has 0 saturated heterocycles. The first-order chi connectivity index (χ1) is 13.3. The van der Waals surface area contributed by atoms with Crippen molar-refractivity contribution < 1.29 is 17.4 Å². The van der Waals surface area contributed by atoms with Gasteiger partial charge in [-0.05, 0) is 79.8 Å². The number of ketones is 1. The molecule has 2 aromatic carbocycles. The van der Waals surface area contributed by atoms with Crippen LogP contribution in [0.15, 0.2) is 64.9 Å². The van der Waals surface area contributed by atoms with Crippen molar-refractivity contribution in [2.24, 2.45) is 0 Å². The van der Waals surface area contributed by atoms with E-state index in [4.69, 9.17) is 4.18 Å². The van der Waals surface area contributed by atoms with Crippen LogP contribution in [0.5, 0.6) is 5.75 Å². The third-order valence-electron chi connectivity index (χ3n) is 4.14. The van der Waals surface area contributed by atoms with E-state index in [0.717, 1.165) is 10.4 Å². The molecule has 1 aromatic heterocycles. The van der Waals surface area contributed by atoms with Gasteiger partial charge < -0.3 is 4.18 Å². The van der Waals surface area contributed by atoms with Crippen LogP contribution >= 0.6 is 11.3 Å². The lowest BCUT2D eigenvalue weighted by molar-refractivity contribution is 0.104. The van der Waals surface area contributed by atoms with E-state index in [0.29, 0.717) is 16.7 Å². The summed E-state index contributed by atoms with van der Waals surface area (Å²) >= 11 is 1.54. The minimum atomic E-state index is -3.96. The SMILES string of the molecule is Cc1cc(C)c(S(=O)(=O)Oc2ccc(C(=O)C=Cc3cccs3)cc2)c(C)c1. The molecule has 0 atom stereocenters. The smallest absolute Gasteiger partial charge is 0.339 e. The zero-order chi connectivity index (χ0) is 20.3. The molecule has 0 radical (unpaired) electrons. The second-order valence-electron chi connectivity index (χ2n) is 6.50. The Kier molecular flexibility index (Phi) is 5.82. The third kappa shape index (κ3) is 4.58. The minimum absolute atomic E-state index is 0.159. The van der Waals surface area contributed by atoms with Crippen LogP contribution in [0.3, 0.4) is 0 Å². The summed E-state index contributed by atoms with van der Waals surface area (Å²) in [5, 5.41) is 1.94. The van der Waals surface area contributed by atoms with Gasteiger partial charge in [-0.25, -0.2) is 0 Å². The quantitative estimate of drug-likeness (QED) is 0.312. The van der Waals surface area contributed by atoms with Gasteiger partial charge in [0.1, 0.15) is 10.6 Å². The van der Waals surface area contributed by atoms with Gasteiger partial charge in [-0.15, -0.1) is 11.3 Å². The van der Waals surface area contributed by atoms with Crippen molar-refractivity contribution >= 4 is 33.3 Å². The van der Waals surface area contributed by atoms with Crippen LogP contribution in [0.25, 0.3) is 6.08 Å². The number of carbonyl (C=O) groups excluding carboxylic acids is 1. The second kappa shape index (κ2) is 8.12. The molecule has 0 N–H and O–H groups in total. The number of hydrogen-bond donors (Lipinski definition) is 0. The molecular formula is C22H20O4S2. The summed E-state index contributed by atoms with van der Waals surface area (Å²) in [7, 11) is -3.96. The zero-order valence-corrected chi connectivity index (χ0v) is 17.4. The number of carbonyl (C=O) groups is 1. The Morgan fingerprint density at radius 1 is 1.00 bits per heavy atom. The summed E-state index contributed by atoms with van der Waals surface area (Å²) in [6.07, 6.45) is 3.25. The van der Waals surface area contributed by atoms with E-state index in [-0.39, 0.29) is 16.4 Å². The number of aryl methyl sites for hydroxylation is 3. The molecule has 0 unspecified atom stereocenters. The van der Waals surface area contributed by atoms with Crippen LogP contribution in [0.4, 0.5) is 0 Å². The van der Waals surface area contributed by atoms with E-state index in [9.17, 15) is 13.2 Å². The Balaban J connectivity index is 1.78. The highest BCUT2D eigenvalue weighted by atomic mass is 32.2. The van der Waals surface area contributed by atoms with Gasteiger partial charge in [-0.2, -0.15) is 8.42 Å². The Morgan fingerprint density at radius 2 is 1.64 bits per heavy atom. The van der Waals surface area contributed by atoms with Gasteiger partial charge in [-0.1, -0.05) is 23.8 Å². The molecule has 3 rings (SSSR count). The fourth-order valence-electron chi connectivity index (χ4n) is 3.04. The van der Waals surface area contributed by atoms with Crippen LogP contribution in [-0.4, -0.2) is 14.2 Å². The molecular weight excluding hydrogens is 392 g/mol. The second-order valence-corrected chi connectivity index (χ2v) is 8.97. The van der Waals surface area contributed by atoms with Crippen molar-refractivity contribution in [2.45, 2.75) is 25.7 Å². The molecule has 28 heavy (non-hydrogen) atoms. The maximum absolute atomic E-state index is 12.7. The summed E-state index contributed by atoms with van der Waals surface area (Å²) in [6.45, 7) is 5.41. The van der Waals surface area contributed by atoms with E-state index in [1.165, 1.54) is 18.2 Å². The van der Waals surface area contributed by atoms with Crippen molar-refractivity contribution in [1.82, 2.24) is 0 Å². The molecule has 0 amide bonds. The number of allylic oxidation sites excluding steroid dienone is 1. The summed E-state index contributed by atoms with van der Waals surface area (Å²) < 4.78 is 30.7. The highest BCUT2D eigenvalue weighted by molar-refractivity contribution is 7.87. The lowest BCUT2D eigenvalue weighted by Crippen LogP contribution is -2.13. The maximum Gasteiger partial charge on any atom is 0.339 e. The molecule has 0 fully saturated rings. The first kappa shape index (κ1) is 20.0. The topological polar surface area (TPSA) is 60.4 Å². The summed E-state index contributed by atoms with van der Waals surface area (Å²) in [6, 6.07) is 13.5. The molecule has 0 spiro atoms. The number of benzene rings is 2. The van der Waals surface area contributed by atoms with Crippen molar-refractivity contribution in [3.05, 3.63) is 87.1 Å². The average molecular weight is 413 g/mol. The average Bonchev–Trinajstić information content (AvgIpc) is 3.12. The van der Waals surface area contributed by atoms with Crippen molar-refractivity contribution in [1.29, 1.82) is 0 Å². The molecule has 6 heteroatoms. The molecule has 3 aromatic rings. The van der Waals surface area contributed by atoms with Gasteiger partial charge in [-0.3, -0.25) is 4.79 Å². The molecule has 0 saturated carbocycles. The Hall–Kier alpha value is -2.70. The van der Waals surface area contributed by atoms with Crippen LogP contribution in [0.2, 0.25) is 0 Å². The van der Waals surface area contributed by atoms with E-state index < -0.39 is 10.1 Å². The predicted molar refractivity (Wildman–Crippen MR) is 113 cm³/mol. The fourth-order valence-corrected chi connectivity index (χ4v) is 5.02. The van der Waals surface area contributed by atoms with Gasteiger partial charge in [0.05, 0.1) is 0 Å². The Bertz CT molecular complexity index is 1100. The van der Waals surface area contributed by atoms with Crippen LogP contribution < -0.4 is 4.18 Å². The fraction of sp³-hybridized carbons (Fsp3) is 0.136. The molecule has 144 valence electrons. The zero-order valence-electron chi connectivity index (χ0n) is 15.8. The Morgan fingerprint density at radius 3 is 2.21 bits per heavy atom. The number of thiophene rings is 1. The molecule has 0 bridgehead atoms. The lowest BCUT2D eigenvalue weighted by atomic mass is 10.1. The van der Waals surface area contributed by atoms with Crippen LogP contribution in [0, 0.1) is 20.8 Å². The van der Waals surface area contributed by atoms with E-state index in [1.54, 1.807) is 43.4 Å². The number of rotatable bonds is 6. The van der Waals surface area contributed by atoms with Gasteiger partial charge >= 0.3 is 10.1 Å². The normalized spacial score (nSPS) is 11.7. The van der Waals surface area contributed by atoms with E-state index >= 15 is 0 Å². The number of hydrogen-bond acceptors (Lipinski definition) is 5. The first-order valence-electron chi connectivity index (χ1n) is 8.64. The van der Waals surface area contributed by atoms with Gasteiger partial charge in [0, 0.05) is 10.4 Å². The first-order valence-corrected chi connectivity index (χ1v) is 10.9. The van der Waals surface area contributed by atoms with Crippen molar-refractivity contribution in [3.8, 4) is 5.75 Å². The maximum atomic E-state index is 12.7. The van der Waals surface area contributed by atoms with Gasteiger partial charge in [0.15, 0.2) is 5.78 Å². The standard InChI is InChI=1S/C22H20O4S2/c1-15-13-16(2)22(17(3)14-15)28(24,25)26-19-8-6-18(7-9-19)21(23)11-10-20-5-4-12-27-20/h4-14H,1-3H3. The molecule has 4 nitrogen and oxygen atoms in total. The summed E-state index contributed by atoms with van der Waals surface area (Å²) in [5.41, 5.74) is 2.73. The highest BCUT2D eigenvalue weighted by Gasteiger charge is 2.22. The van der Waals surface area contributed by atoms with Crippen LogP contribution in [0.1, 0.15) is 31.9 Å². The molecule has 0 aliphatic carbocycles. The monoisotopic (exact) mass is 412 g/mol. The van der Waals surface area contributed by atoms with Crippen molar-refractivity contribution in [2.75, 3.05) is 0 Å². The van der Waals surface area contributed by atoms with Gasteiger partial charge in [0.25, 0.3) is 0 Å². The van der Waals surface area contributed by atoms with Gasteiger partial charge in [0.2, 0.25) is 0 Å².